The largest absolute Gasteiger partial charge is 0.481 e. The minimum Gasteiger partial charge on any atom is -0.481 e. The van der Waals surface area contributed by atoms with Crippen LogP contribution in [0.4, 0.5) is 0 Å². The van der Waals surface area contributed by atoms with Crippen molar-refractivity contribution in [3.8, 4) is 0 Å². The van der Waals surface area contributed by atoms with Crippen LogP contribution in [0.5, 0.6) is 0 Å². The van der Waals surface area contributed by atoms with E-state index in [0.29, 0.717) is 12.8 Å². The molecule has 0 aliphatic carbocycles. The van der Waals surface area contributed by atoms with E-state index in [9.17, 15) is 4.79 Å². The predicted octanol–water partition coefficient (Wildman–Crippen LogP) is 6.11. The van der Waals surface area contributed by atoms with Crippen LogP contribution in [0.25, 0.3) is 0 Å². The van der Waals surface area contributed by atoms with E-state index in [0.717, 1.165) is 19.3 Å². The van der Waals surface area contributed by atoms with Crippen molar-refractivity contribution < 1.29 is 33.2 Å². The maximum Gasteiger partial charge on any atom is 0.303 e. The summed E-state index contributed by atoms with van der Waals surface area (Å²) in [5.74, 6) is -2.54. The molecule has 2 nitrogen and oxygen atoms in total. The van der Waals surface area contributed by atoms with Gasteiger partial charge in [0.2, 0.25) is 0 Å². The summed E-state index contributed by atoms with van der Waals surface area (Å²) in [6, 6.07) is -2.49. The summed E-state index contributed by atoms with van der Waals surface area (Å²) >= 11 is 0. The number of carbonyl (C=O) groups is 1. The van der Waals surface area contributed by atoms with Gasteiger partial charge in [-0.05, 0) is 31.9 Å². The molecule has 0 saturated carbocycles. The van der Waals surface area contributed by atoms with Crippen LogP contribution in [-0.2, 0) is 4.79 Å². The van der Waals surface area contributed by atoms with Crippen LogP contribution in [0.3, 0.4) is 0 Å². The Kier molecular flexibility index (Phi) is 4.18. The van der Waals surface area contributed by atoms with Gasteiger partial charge in [-0.25, -0.2) is 0 Å². The van der Waals surface area contributed by atoms with Crippen LogP contribution < -0.4 is 0 Å². The van der Waals surface area contributed by atoms with Crippen LogP contribution in [0.2, 0.25) is 0 Å². The van der Waals surface area contributed by atoms with Crippen molar-refractivity contribution >= 4 is 5.97 Å². The molecule has 20 heavy (non-hydrogen) atoms. The number of aliphatic carboxylic acids is 1. The Bertz CT molecular complexity index is 834. The van der Waals surface area contributed by atoms with Crippen molar-refractivity contribution in [1.29, 1.82) is 0 Å². The molecule has 1 N–H and O–H groups in total. The molecule has 1 atom stereocenters. The highest BCUT2D eigenvalue weighted by Crippen LogP contribution is 2.09. The lowest BCUT2D eigenvalue weighted by molar-refractivity contribution is -0.137. The minimum atomic E-state index is -4.43. The van der Waals surface area contributed by atoms with Crippen LogP contribution in [-0.4, -0.2) is 11.1 Å². The van der Waals surface area contributed by atoms with Crippen molar-refractivity contribution in [2.24, 2.45) is 0 Å². The van der Waals surface area contributed by atoms with Crippen molar-refractivity contribution in [1.82, 2.24) is 0 Å². The lowest BCUT2D eigenvalue weighted by atomic mass is 10.1. The molecule has 1 unspecified atom stereocenters. The van der Waals surface area contributed by atoms with Gasteiger partial charge in [0.25, 0.3) is 0 Å². The van der Waals surface area contributed by atoms with E-state index in [1.807, 2.05) is 6.92 Å². The highest BCUT2D eigenvalue weighted by molar-refractivity contribution is 5.66. The Morgan fingerprint density at radius 1 is 1.00 bits per heavy atom. The van der Waals surface area contributed by atoms with Gasteiger partial charge in [0.1, 0.15) is 0 Å². The molecular weight excluding hydrogens is 248 g/mol. The van der Waals surface area contributed by atoms with Gasteiger partial charge in [0, 0.05) is 26.9 Å². The van der Waals surface area contributed by atoms with E-state index in [1.54, 1.807) is 0 Å². The van der Waals surface area contributed by atoms with E-state index < -0.39 is 69.1 Å². The molecule has 0 fully saturated rings. The highest BCUT2D eigenvalue weighted by Gasteiger charge is 1.95. The van der Waals surface area contributed by atoms with Crippen molar-refractivity contribution in [2.45, 2.75) is 96.5 Å². The Morgan fingerprint density at radius 3 is 2.40 bits per heavy atom. The monoisotopic (exact) mass is 299 g/mol. The third-order valence-corrected chi connectivity index (χ3v) is 2.17. The molecule has 0 aliphatic rings. The number of hydrogen-bond donors (Lipinski definition) is 1. The van der Waals surface area contributed by atoms with Crippen molar-refractivity contribution in [2.75, 3.05) is 0 Å². The summed E-state index contributed by atoms with van der Waals surface area (Å²) in [7, 11) is 0. The number of rotatable bonds is 15. The van der Waals surface area contributed by atoms with Crippen LogP contribution in [0.1, 0.15) is 120 Å². The van der Waals surface area contributed by atoms with E-state index in [1.165, 1.54) is 0 Å². The molecule has 0 radical (unpaired) electrons. The fourth-order valence-corrected chi connectivity index (χ4v) is 1.25. The zero-order chi connectivity index (χ0) is 30.1. The van der Waals surface area contributed by atoms with Crippen LogP contribution in [0.15, 0.2) is 12.1 Å². The average molecular weight is 300 g/mol. The summed E-state index contributed by atoms with van der Waals surface area (Å²) in [5.41, 5.74) is 0. The first kappa shape index (κ1) is 5.14. The smallest absolute Gasteiger partial charge is 0.303 e. The molecule has 118 valence electrons. The Hall–Kier alpha value is -0.790. The first-order valence-corrected chi connectivity index (χ1v) is 6.58. The van der Waals surface area contributed by atoms with Crippen LogP contribution in [0, 0.1) is 0 Å². The summed E-state index contributed by atoms with van der Waals surface area (Å²) in [5, 5.41) is 8.99. The van der Waals surface area contributed by atoms with Gasteiger partial charge in [0.15, 0.2) is 0 Å². The van der Waals surface area contributed by atoms with Gasteiger partial charge in [-0.3, -0.25) is 4.79 Å². The molecule has 0 rings (SSSR count). The average Bonchev–Trinajstić information content (AvgIpc) is 2.76. The topological polar surface area (TPSA) is 37.3 Å². The SMILES string of the molecule is [2H]/C(=C(\[2H])C([2H])([2H])C([2H])([2H])C([2H])([2H])C([2H])([2H])C([2H])([2H])C([2H])([2H])C([2H])([2H])C(=O)O)C([2H])CCCCCCC. The molecule has 0 aromatic carbocycles. The Labute approximate surface area is 149 Å². The Balaban J connectivity index is 6.49. The third-order valence-electron chi connectivity index (χ3n) is 2.17. The fourth-order valence-electron chi connectivity index (χ4n) is 1.25. The van der Waals surface area contributed by atoms with E-state index in [-0.39, 0.29) is 6.42 Å². The number of carboxylic acids is 1. The molecule has 0 aromatic rings. The van der Waals surface area contributed by atoms with Gasteiger partial charge in [-0.15, -0.1) is 0 Å². The molecule has 0 heterocycles. The molecule has 0 spiro atoms. The molecule has 0 amide bonds. The normalized spacial score (nSPS) is 31.4. The summed E-state index contributed by atoms with van der Waals surface area (Å²) < 4.78 is 134. The summed E-state index contributed by atoms with van der Waals surface area (Å²) in [4.78, 5) is 11.2. The zero-order valence-corrected chi connectivity index (χ0v) is 11.7. The second kappa shape index (κ2) is 16.3. The summed E-state index contributed by atoms with van der Waals surface area (Å²) in [6.45, 7) is 1.99. The number of hydrogen-bond acceptors (Lipinski definition) is 1. The number of carboxylic acid groups (broad SMARTS) is 1. The standard InChI is InChI=1S/C18H34O2/c1-2-3-4-5-6-7-8-9-10-11-12-13-14-15-16-17-18(19)20/h9-10H,2-8,11-17H2,1H3,(H,19,20)/b10-9-/i8D,9D,10D,11D2,12D2,13D2,14D2,15D2,16D2,17D2. The quantitative estimate of drug-likeness (QED) is 0.292. The first-order valence-electron chi connectivity index (χ1n) is 15.2. The lowest BCUT2D eigenvalue weighted by Crippen LogP contribution is -1.93. The first-order chi connectivity index (χ1) is 16.2. The number of unbranched alkanes of at least 4 members (excludes halogenated alkanes) is 4. The molecule has 0 saturated heterocycles. The van der Waals surface area contributed by atoms with E-state index in [4.69, 9.17) is 28.4 Å². The number of allylic oxidation sites excluding steroid dienone is 2. The second-order valence-corrected chi connectivity index (χ2v) is 3.86. The maximum atomic E-state index is 11.2. The minimum absolute atomic E-state index is 0.0186. The van der Waals surface area contributed by atoms with Gasteiger partial charge in [-0.1, -0.05) is 70.3 Å². The predicted molar refractivity (Wildman–Crippen MR) is 87.1 cm³/mol. The van der Waals surface area contributed by atoms with Gasteiger partial charge >= 0.3 is 5.97 Å². The van der Waals surface area contributed by atoms with Gasteiger partial charge in [0.05, 0.1) is 2.74 Å². The highest BCUT2D eigenvalue weighted by atomic mass is 16.4. The second-order valence-electron chi connectivity index (χ2n) is 3.86. The van der Waals surface area contributed by atoms with Crippen molar-refractivity contribution in [3.05, 3.63) is 12.1 Å². The van der Waals surface area contributed by atoms with Crippen molar-refractivity contribution in [3.63, 3.8) is 0 Å². The van der Waals surface area contributed by atoms with Gasteiger partial charge < -0.3 is 5.11 Å². The molecule has 0 bridgehead atoms. The molecular formula is C18H34O2. The van der Waals surface area contributed by atoms with E-state index >= 15 is 0 Å². The third kappa shape index (κ3) is 17.2. The van der Waals surface area contributed by atoms with Gasteiger partial charge in [-0.2, -0.15) is 0 Å². The molecule has 0 aromatic heterocycles. The molecule has 0 aliphatic heterocycles. The fraction of sp³-hybridized carbons (Fsp3) is 0.833. The van der Waals surface area contributed by atoms with Crippen LogP contribution >= 0.6 is 0 Å². The summed E-state index contributed by atoms with van der Waals surface area (Å²) in [6.07, 6.45) is -27.2. The lowest BCUT2D eigenvalue weighted by Gasteiger charge is -1.99. The zero-order valence-electron chi connectivity index (χ0n) is 28.7. The molecule has 2 heteroatoms. The van der Waals surface area contributed by atoms with E-state index in [2.05, 4.69) is 0 Å². The maximum absolute atomic E-state index is 11.2. The Morgan fingerprint density at radius 2 is 1.65 bits per heavy atom.